The average molecular weight is 238 g/mol. The standard InChI is InChI=1S/C9H8ClN5O/c10-5-1-2-8(12-4-5)13-9(16)6-3-7(11)15-14-6/h1-4H,(H3,11,14,15)(H,12,13,16). The zero-order valence-corrected chi connectivity index (χ0v) is 8.82. The SMILES string of the molecule is Nc1cc(C(=O)Nc2ccc(Cl)cn2)[nH]n1. The molecule has 0 saturated carbocycles. The van der Waals surface area contributed by atoms with Gasteiger partial charge in [-0.1, -0.05) is 11.6 Å². The molecule has 0 aromatic carbocycles. The monoisotopic (exact) mass is 237 g/mol. The molecule has 0 unspecified atom stereocenters. The highest BCUT2D eigenvalue weighted by molar-refractivity contribution is 6.30. The lowest BCUT2D eigenvalue weighted by Gasteiger charge is -2.01. The molecule has 0 saturated heterocycles. The van der Waals surface area contributed by atoms with Crippen molar-refractivity contribution in [2.75, 3.05) is 11.1 Å². The van der Waals surface area contributed by atoms with Gasteiger partial charge in [-0.05, 0) is 12.1 Å². The van der Waals surface area contributed by atoms with E-state index < -0.39 is 0 Å². The number of aromatic nitrogens is 3. The molecule has 0 aliphatic rings. The van der Waals surface area contributed by atoms with Crippen LogP contribution in [0.25, 0.3) is 0 Å². The fraction of sp³-hybridized carbons (Fsp3) is 0. The Kier molecular flexibility index (Phi) is 2.74. The number of aromatic amines is 1. The molecule has 0 radical (unpaired) electrons. The molecule has 2 heterocycles. The van der Waals surface area contributed by atoms with Crippen molar-refractivity contribution < 1.29 is 4.79 Å². The third kappa shape index (κ3) is 2.29. The summed E-state index contributed by atoms with van der Waals surface area (Å²) in [5, 5.41) is 9.21. The van der Waals surface area contributed by atoms with Gasteiger partial charge in [-0.15, -0.1) is 0 Å². The summed E-state index contributed by atoms with van der Waals surface area (Å²) in [5.74, 6) is 0.302. The first kappa shape index (κ1) is 10.4. The minimum atomic E-state index is -0.362. The molecule has 2 aromatic rings. The number of rotatable bonds is 2. The van der Waals surface area contributed by atoms with Crippen LogP contribution in [-0.4, -0.2) is 21.1 Å². The van der Waals surface area contributed by atoms with Crippen LogP contribution in [0.1, 0.15) is 10.5 Å². The van der Waals surface area contributed by atoms with Crippen molar-refractivity contribution in [1.29, 1.82) is 0 Å². The number of nitrogens with one attached hydrogen (secondary N) is 2. The second-order valence-corrected chi connectivity index (χ2v) is 3.46. The van der Waals surface area contributed by atoms with Gasteiger partial charge in [0.15, 0.2) is 0 Å². The molecule has 0 bridgehead atoms. The maximum atomic E-state index is 11.6. The van der Waals surface area contributed by atoms with E-state index in [1.165, 1.54) is 12.3 Å². The first-order valence-corrected chi connectivity index (χ1v) is 4.77. The van der Waals surface area contributed by atoms with Crippen LogP contribution in [0.2, 0.25) is 5.02 Å². The van der Waals surface area contributed by atoms with Crippen LogP contribution in [0.3, 0.4) is 0 Å². The normalized spacial score (nSPS) is 10.1. The first-order valence-electron chi connectivity index (χ1n) is 4.39. The van der Waals surface area contributed by atoms with E-state index in [2.05, 4.69) is 20.5 Å². The average Bonchev–Trinajstić information content (AvgIpc) is 2.68. The molecule has 0 aliphatic carbocycles. The van der Waals surface area contributed by atoms with Gasteiger partial charge in [0.05, 0.1) is 5.02 Å². The Morgan fingerprint density at radius 1 is 1.50 bits per heavy atom. The number of halogens is 1. The maximum Gasteiger partial charge on any atom is 0.274 e. The van der Waals surface area contributed by atoms with Crippen LogP contribution in [-0.2, 0) is 0 Å². The van der Waals surface area contributed by atoms with E-state index in [0.717, 1.165) is 0 Å². The van der Waals surface area contributed by atoms with Gasteiger partial charge in [-0.3, -0.25) is 9.89 Å². The predicted octanol–water partition coefficient (Wildman–Crippen LogP) is 1.29. The molecule has 4 N–H and O–H groups in total. The molecule has 2 aromatic heterocycles. The van der Waals surface area contributed by atoms with Crippen LogP contribution in [0.15, 0.2) is 24.4 Å². The summed E-state index contributed by atoms with van der Waals surface area (Å²) in [5.41, 5.74) is 5.65. The lowest BCUT2D eigenvalue weighted by molar-refractivity contribution is 0.102. The van der Waals surface area contributed by atoms with Gasteiger partial charge in [-0.2, -0.15) is 5.10 Å². The summed E-state index contributed by atoms with van der Waals surface area (Å²) in [6.45, 7) is 0. The van der Waals surface area contributed by atoms with Crippen LogP contribution >= 0.6 is 11.6 Å². The van der Waals surface area contributed by atoms with Gasteiger partial charge in [0.25, 0.3) is 5.91 Å². The summed E-state index contributed by atoms with van der Waals surface area (Å²) in [6.07, 6.45) is 1.44. The molecule has 82 valence electrons. The van der Waals surface area contributed by atoms with Crippen molar-refractivity contribution >= 4 is 29.1 Å². The third-order valence-corrected chi connectivity index (χ3v) is 2.03. The second kappa shape index (κ2) is 4.19. The zero-order valence-electron chi connectivity index (χ0n) is 8.07. The van der Waals surface area contributed by atoms with Gasteiger partial charge in [-0.25, -0.2) is 4.98 Å². The largest absolute Gasteiger partial charge is 0.382 e. The quantitative estimate of drug-likeness (QED) is 0.733. The van der Waals surface area contributed by atoms with Crippen LogP contribution in [0, 0.1) is 0 Å². The molecule has 1 amide bonds. The van der Waals surface area contributed by atoms with Crippen molar-refractivity contribution in [3.63, 3.8) is 0 Å². The summed E-state index contributed by atoms with van der Waals surface area (Å²) >= 11 is 5.66. The Hall–Kier alpha value is -2.08. The van der Waals surface area contributed by atoms with Crippen molar-refractivity contribution in [2.24, 2.45) is 0 Å². The number of carbonyl (C=O) groups is 1. The topological polar surface area (TPSA) is 96.7 Å². The van der Waals surface area contributed by atoms with Crippen molar-refractivity contribution in [3.05, 3.63) is 35.1 Å². The van der Waals surface area contributed by atoms with Crippen molar-refractivity contribution in [1.82, 2.24) is 15.2 Å². The van der Waals surface area contributed by atoms with E-state index in [0.29, 0.717) is 10.8 Å². The molecule has 0 fully saturated rings. The molecule has 0 aliphatic heterocycles. The Morgan fingerprint density at radius 2 is 2.31 bits per heavy atom. The maximum absolute atomic E-state index is 11.6. The minimum Gasteiger partial charge on any atom is -0.382 e. The molecule has 0 spiro atoms. The van der Waals surface area contributed by atoms with E-state index in [-0.39, 0.29) is 17.4 Å². The lowest BCUT2D eigenvalue weighted by Crippen LogP contribution is -2.13. The Labute approximate surface area is 95.8 Å². The van der Waals surface area contributed by atoms with Crippen molar-refractivity contribution in [2.45, 2.75) is 0 Å². The summed E-state index contributed by atoms with van der Waals surface area (Å²) in [6, 6.07) is 4.66. The smallest absolute Gasteiger partial charge is 0.274 e. The Bertz CT molecular complexity index is 507. The molecule has 7 heteroatoms. The van der Waals surface area contributed by atoms with Gasteiger partial charge in [0.2, 0.25) is 0 Å². The fourth-order valence-corrected chi connectivity index (χ4v) is 1.20. The molecule has 0 atom stereocenters. The van der Waals surface area contributed by atoms with Crippen LogP contribution in [0.5, 0.6) is 0 Å². The number of H-pyrrole nitrogens is 1. The number of amides is 1. The Balaban J connectivity index is 2.10. The zero-order chi connectivity index (χ0) is 11.5. The molecule has 2 rings (SSSR count). The molecule has 6 nitrogen and oxygen atoms in total. The van der Waals surface area contributed by atoms with Crippen LogP contribution < -0.4 is 11.1 Å². The summed E-state index contributed by atoms with van der Waals surface area (Å²) in [4.78, 5) is 15.5. The van der Waals surface area contributed by atoms with E-state index in [1.807, 2.05) is 0 Å². The summed E-state index contributed by atoms with van der Waals surface area (Å²) in [7, 11) is 0. The Morgan fingerprint density at radius 3 is 2.88 bits per heavy atom. The highest BCUT2D eigenvalue weighted by Gasteiger charge is 2.09. The number of carbonyl (C=O) groups excluding carboxylic acids is 1. The highest BCUT2D eigenvalue weighted by Crippen LogP contribution is 2.10. The second-order valence-electron chi connectivity index (χ2n) is 3.02. The van der Waals surface area contributed by atoms with E-state index in [4.69, 9.17) is 17.3 Å². The number of anilines is 2. The number of pyridine rings is 1. The molecular weight excluding hydrogens is 230 g/mol. The third-order valence-electron chi connectivity index (χ3n) is 1.81. The van der Waals surface area contributed by atoms with Gasteiger partial charge in [0.1, 0.15) is 17.3 Å². The number of hydrogen-bond donors (Lipinski definition) is 3. The van der Waals surface area contributed by atoms with E-state index in [1.54, 1.807) is 12.1 Å². The summed E-state index contributed by atoms with van der Waals surface area (Å²) < 4.78 is 0. The van der Waals surface area contributed by atoms with E-state index in [9.17, 15) is 4.79 Å². The van der Waals surface area contributed by atoms with Crippen molar-refractivity contribution in [3.8, 4) is 0 Å². The minimum absolute atomic E-state index is 0.259. The molecule has 16 heavy (non-hydrogen) atoms. The number of hydrogen-bond acceptors (Lipinski definition) is 4. The molecular formula is C9H8ClN5O. The lowest BCUT2D eigenvalue weighted by atomic mass is 10.4. The van der Waals surface area contributed by atoms with Gasteiger partial charge < -0.3 is 11.1 Å². The van der Waals surface area contributed by atoms with E-state index >= 15 is 0 Å². The van der Waals surface area contributed by atoms with Crippen LogP contribution in [0.4, 0.5) is 11.6 Å². The predicted molar refractivity (Wildman–Crippen MR) is 60.2 cm³/mol. The highest BCUT2D eigenvalue weighted by atomic mass is 35.5. The first-order chi connectivity index (χ1) is 7.65. The fourth-order valence-electron chi connectivity index (χ4n) is 1.09. The number of nitrogen functional groups attached to an aromatic ring is 1. The number of nitrogens with zero attached hydrogens (tertiary/aromatic N) is 2. The number of nitrogens with two attached hydrogens (primary N) is 1. The van der Waals surface area contributed by atoms with Gasteiger partial charge in [0, 0.05) is 12.3 Å². The van der Waals surface area contributed by atoms with Gasteiger partial charge >= 0.3 is 0 Å².